The normalized spacial score (nSPS) is 14.8. The zero-order chi connectivity index (χ0) is 14.4. The molecule has 112 valence electrons. The average molecular weight is 278 g/mol. The van der Waals surface area contributed by atoms with Crippen molar-refractivity contribution in [3.63, 3.8) is 0 Å². The number of nitrogens with zero attached hydrogens (tertiary/aromatic N) is 1. The van der Waals surface area contributed by atoms with Gasteiger partial charge < -0.3 is 15.2 Å². The molecule has 1 fully saturated rings. The summed E-state index contributed by atoms with van der Waals surface area (Å²) in [6.07, 6.45) is 2.70. The maximum Gasteiger partial charge on any atom is 0.123 e. The van der Waals surface area contributed by atoms with Gasteiger partial charge in [0, 0.05) is 31.8 Å². The van der Waals surface area contributed by atoms with Gasteiger partial charge in [0.2, 0.25) is 0 Å². The average Bonchev–Trinajstić information content (AvgIpc) is 3.27. The first-order valence-corrected chi connectivity index (χ1v) is 7.35. The van der Waals surface area contributed by atoms with Gasteiger partial charge in [0.1, 0.15) is 5.75 Å². The van der Waals surface area contributed by atoms with Crippen molar-refractivity contribution in [1.29, 1.82) is 0 Å². The SMILES string of the molecule is COc1cc(CN(C)CCOCC2CC2)ccc1CN. The first-order chi connectivity index (χ1) is 9.72. The highest BCUT2D eigenvalue weighted by molar-refractivity contribution is 5.37. The second-order valence-corrected chi connectivity index (χ2v) is 5.61. The number of methoxy groups -OCH3 is 1. The number of nitrogens with two attached hydrogens (primary N) is 1. The fraction of sp³-hybridized carbons (Fsp3) is 0.625. The number of hydrogen-bond donors (Lipinski definition) is 1. The molecule has 0 atom stereocenters. The summed E-state index contributed by atoms with van der Waals surface area (Å²) in [5.41, 5.74) is 7.97. The molecule has 0 amide bonds. The van der Waals surface area contributed by atoms with E-state index in [0.29, 0.717) is 6.54 Å². The molecule has 1 aliphatic rings. The summed E-state index contributed by atoms with van der Waals surface area (Å²) in [5.74, 6) is 1.72. The van der Waals surface area contributed by atoms with Crippen molar-refractivity contribution in [3.05, 3.63) is 29.3 Å². The summed E-state index contributed by atoms with van der Waals surface area (Å²) < 4.78 is 11.0. The predicted molar refractivity (Wildman–Crippen MR) is 80.8 cm³/mol. The monoisotopic (exact) mass is 278 g/mol. The maximum atomic E-state index is 5.68. The zero-order valence-electron chi connectivity index (χ0n) is 12.6. The third kappa shape index (κ3) is 4.78. The minimum Gasteiger partial charge on any atom is -0.496 e. The van der Waals surface area contributed by atoms with Crippen LogP contribution in [0.15, 0.2) is 18.2 Å². The van der Waals surface area contributed by atoms with Gasteiger partial charge in [0.05, 0.1) is 13.7 Å². The highest BCUT2D eigenvalue weighted by Gasteiger charge is 2.20. The summed E-state index contributed by atoms with van der Waals surface area (Å²) in [6.45, 7) is 4.11. The van der Waals surface area contributed by atoms with Gasteiger partial charge in [0.15, 0.2) is 0 Å². The number of likely N-dealkylation sites (N-methyl/N-ethyl adjacent to an activating group) is 1. The molecule has 0 aromatic heterocycles. The van der Waals surface area contributed by atoms with Crippen molar-refractivity contribution in [1.82, 2.24) is 4.90 Å². The van der Waals surface area contributed by atoms with Crippen LogP contribution in [0.5, 0.6) is 5.75 Å². The molecule has 0 heterocycles. The van der Waals surface area contributed by atoms with Crippen LogP contribution < -0.4 is 10.5 Å². The molecule has 0 spiro atoms. The van der Waals surface area contributed by atoms with Crippen LogP contribution in [0.4, 0.5) is 0 Å². The molecule has 1 saturated carbocycles. The fourth-order valence-electron chi connectivity index (χ4n) is 2.20. The number of rotatable bonds is 9. The molecule has 1 aliphatic carbocycles. The van der Waals surface area contributed by atoms with E-state index < -0.39 is 0 Å². The van der Waals surface area contributed by atoms with Crippen LogP contribution in [0.2, 0.25) is 0 Å². The Morgan fingerprint density at radius 2 is 2.15 bits per heavy atom. The Labute approximate surface area is 121 Å². The Balaban J connectivity index is 1.75. The first kappa shape index (κ1) is 15.3. The lowest BCUT2D eigenvalue weighted by Crippen LogP contribution is -2.23. The summed E-state index contributed by atoms with van der Waals surface area (Å²) in [5, 5.41) is 0. The molecule has 0 saturated heterocycles. The van der Waals surface area contributed by atoms with Crippen molar-refractivity contribution >= 4 is 0 Å². The van der Waals surface area contributed by atoms with E-state index in [-0.39, 0.29) is 0 Å². The molecule has 0 aliphatic heterocycles. The van der Waals surface area contributed by atoms with Crippen molar-refractivity contribution in [2.75, 3.05) is 33.9 Å². The third-order valence-corrected chi connectivity index (χ3v) is 3.69. The van der Waals surface area contributed by atoms with Gasteiger partial charge in [-0.2, -0.15) is 0 Å². The van der Waals surface area contributed by atoms with Crippen molar-refractivity contribution in [3.8, 4) is 5.75 Å². The lowest BCUT2D eigenvalue weighted by Gasteiger charge is -2.18. The Morgan fingerprint density at radius 3 is 2.80 bits per heavy atom. The van der Waals surface area contributed by atoms with Crippen LogP contribution in [0.25, 0.3) is 0 Å². The van der Waals surface area contributed by atoms with Gasteiger partial charge in [-0.3, -0.25) is 4.90 Å². The maximum absolute atomic E-state index is 5.68. The second-order valence-electron chi connectivity index (χ2n) is 5.61. The van der Waals surface area contributed by atoms with E-state index in [4.69, 9.17) is 15.2 Å². The molecule has 0 radical (unpaired) electrons. The van der Waals surface area contributed by atoms with Crippen LogP contribution in [0.1, 0.15) is 24.0 Å². The lowest BCUT2D eigenvalue weighted by atomic mass is 10.1. The largest absolute Gasteiger partial charge is 0.496 e. The number of hydrogen-bond acceptors (Lipinski definition) is 4. The number of ether oxygens (including phenoxy) is 2. The van der Waals surface area contributed by atoms with E-state index in [0.717, 1.165) is 43.5 Å². The highest BCUT2D eigenvalue weighted by atomic mass is 16.5. The van der Waals surface area contributed by atoms with E-state index in [9.17, 15) is 0 Å². The quantitative estimate of drug-likeness (QED) is 0.702. The lowest BCUT2D eigenvalue weighted by molar-refractivity contribution is 0.102. The topological polar surface area (TPSA) is 47.7 Å². The Morgan fingerprint density at radius 1 is 1.35 bits per heavy atom. The smallest absolute Gasteiger partial charge is 0.123 e. The van der Waals surface area contributed by atoms with Gasteiger partial charge >= 0.3 is 0 Å². The van der Waals surface area contributed by atoms with E-state index in [1.165, 1.54) is 18.4 Å². The summed E-state index contributed by atoms with van der Waals surface area (Å²) in [6, 6.07) is 6.24. The summed E-state index contributed by atoms with van der Waals surface area (Å²) >= 11 is 0. The summed E-state index contributed by atoms with van der Waals surface area (Å²) in [4.78, 5) is 2.27. The van der Waals surface area contributed by atoms with Gasteiger partial charge in [-0.15, -0.1) is 0 Å². The molecule has 4 heteroatoms. The molecule has 4 nitrogen and oxygen atoms in total. The number of benzene rings is 1. The van der Waals surface area contributed by atoms with Gasteiger partial charge in [-0.05, 0) is 37.4 Å². The first-order valence-electron chi connectivity index (χ1n) is 7.35. The van der Waals surface area contributed by atoms with E-state index in [2.05, 4.69) is 24.1 Å². The Hall–Kier alpha value is -1.10. The van der Waals surface area contributed by atoms with Crippen LogP contribution in [-0.2, 0) is 17.8 Å². The van der Waals surface area contributed by atoms with Gasteiger partial charge in [0.25, 0.3) is 0 Å². The van der Waals surface area contributed by atoms with Crippen LogP contribution in [0, 0.1) is 5.92 Å². The van der Waals surface area contributed by atoms with E-state index >= 15 is 0 Å². The zero-order valence-corrected chi connectivity index (χ0v) is 12.6. The van der Waals surface area contributed by atoms with Gasteiger partial charge in [-0.25, -0.2) is 0 Å². The second kappa shape index (κ2) is 7.62. The molecule has 20 heavy (non-hydrogen) atoms. The highest BCUT2D eigenvalue weighted by Crippen LogP contribution is 2.28. The standard InChI is InChI=1S/C16H26N2O2/c1-18(7-8-20-12-13-3-4-13)11-14-5-6-15(10-17)16(9-14)19-2/h5-6,9,13H,3-4,7-8,10-12,17H2,1-2H3. The molecule has 2 N–H and O–H groups in total. The van der Waals surface area contributed by atoms with Crippen LogP contribution in [0.3, 0.4) is 0 Å². The molecule has 1 aromatic carbocycles. The van der Waals surface area contributed by atoms with Crippen LogP contribution >= 0.6 is 0 Å². The molecular weight excluding hydrogens is 252 g/mol. The molecule has 1 aromatic rings. The van der Waals surface area contributed by atoms with E-state index in [1.54, 1.807) is 7.11 Å². The van der Waals surface area contributed by atoms with E-state index in [1.807, 2.05) is 6.07 Å². The third-order valence-electron chi connectivity index (χ3n) is 3.69. The molecular formula is C16H26N2O2. The fourth-order valence-corrected chi connectivity index (χ4v) is 2.20. The Bertz CT molecular complexity index is 419. The summed E-state index contributed by atoms with van der Waals surface area (Å²) in [7, 11) is 3.80. The molecule has 2 rings (SSSR count). The molecule has 0 unspecified atom stereocenters. The van der Waals surface area contributed by atoms with Crippen LogP contribution in [-0.4, -0.2) is 38.8 Å². The predicted octanol–water partition coefficient (Wildman–Crippen LogP) is 2.01. The minimum atomic E-state index is 0.508. The van der Waals surface area contributed by atoms with Gasteiger partial charge in [-0.1, -0.05) is 12.1 Å². The van der Waals surface area contributed by atoms with Crippen molar-refractivity contribution < 1.29 is 9.47 Å². The van der Waals surface area contributed by atoms with Crippen molar-refractivity contribution in [2.24, 2.45) is 11.7 Å². The van der Waals surface area contributed by atoms with Crippen molar-refractivity contribution in [2.45, 2.75) is 25.9 Å². The minimum absolute atomic E-state index is 0.508. The Kier molecular flexibility index (Phi) is 5.83. The molecule has 0 bridgehead atoms.